The van der Waals surface area contributed by atoms with Crippen LogP contribution in [-0.4, -0.2) is 44.5 Å². The van der Waals surface area contributed by atoms with Crippen molar-refractivity contribution in [2.75, 3.05) is 31.2 Å². The van der Waals surface area contributed by atoms with Crippen molar-refractivity contribution in [3.63, 3.8) is 0 Å². The average molecular weight is 358 g/mol. The average Bonchev–Trinajstić information content (AvgIpc) is 3.45. The lowest BCUT2D eigenvalue weighted by Gasteiger charge is -2.22. The SMILES string of the molecule is CCOC(=O)/C(C#N)=C/c1ccc(N(CC)CCC(=O)OC2CO2)cc1. The number of nitriles is 1. The van der Waals surface area contributed by atoms with Crippen LogP contribution in [-0.2, 0) is 23.8 Å². The maximum atomic E-state index is 11.7. The number of epoxide rings is 1. The first kappa shape index (κ1) is 19.5. The molecule has 1 heterocycles. The Morgan fingerprint density at radius 1 is 1.35 bits per heavy atom. The predicted octanol–water partition coefficient (Wildman–Crippen LogP) is 2.27. The normalized spacial score (nSPS) is 15.7. The lowest BCUT2D eigenvalue weighted by molar-refractivity contribution is -0.148. The Morgan fingerprint density at radius 3 is 2.58 bits per heavy atom. The second kappa shape index (κ2) is 9.59. The summed E-state index contributed by atoms with van der Waals surface area (Å²) in [5, 5.41) is 9.07. The quantitative estimate of drug-likeness (QED) is 0.289. The van der Waals surface area contributed by atoms with Gasteiger partial charge in [0.2, 0.25) is 6.29 Å². The van der Waals surface area contributed by atoms with Crippen molar-refractivity contribution in [1.29, 1.82) is 5.26 Å². The fraction of sp³-hybridized carbons (Fsp3) is 0.421. The highest BCUT2D eigenvalue weighted by molar-refractivity contribution is 5.97. The summed E-state index contributed by atoms with van der Waals surface area (Å²) < 4.78 is 14.7. The zero-order valence-electron chi connectivity index (χ0n) is 14.9. The topological polar surface area (TPSA) is 92.2 Å². The van der Waals surface area contributed by atoms with E-state index in [-0.39, 0.29) is 30.9 Å². The number of carbonyl (C=O) groups is 2. The minimum atomic E-state index is -0.632. The van der Waals surface area contributed by atoms with Crippen LogP contribution in [0.1, 0.15) is 25.8 Å². The summed E-state index contributed by atoms with van der Waals surface area (Å²) in [5.74, 6) is -0.911. The van der Waals surface area contributed by atoms with Gasteiger partial charge in [0.25, 0.3) is 0 Å². The Balaban J connectivity index is 1.98. The molecule has 1 aromatic rings. The van der Waals surface area contributed by atoms with Crippen LogP contribution < -0.4 is 4.90 Å². The Morgan fingerprint density at radius 2 is 2.04 bits per heavy atom. The van der Waals surface area contributed by atoms with Crippen LogP contribution in [0.3, 0.4) is 0 Å². The summed E-state index contributed by atoms with van der Waals surface area (Å²) in [6.07, 6.45) is 1.40. The third-order valence-corrected chi connectivity index (χ3v) is 3.72. The van der Waals surface area contributed by atoms with Crippen molar-refractivity contribution >= 4 is 23.7 Å². The van der Waals surface area contributed by atoms with Gasteiger partial charge >= 0.3 is 11.9 Å². The molecular weight excluding hydrogens is 336 g/mol. The van der Waals surface area contributed by atoms with Crippen molar-refractivity contribution in [2.24, 2.45) is 0 Å². The van der Waals surface area contributed by atoms with Crippen molar-refractivity contribution in [1.82, 2.24) is 0 Å². The molecule has 0 aromatic heterocycles. The fourth-order valence-corrected chi connectivity index (χ4v) is 2.30. The van der Waals surface area contributed by atoms with Crippen molar-refractivity contribution in [3.05, 3.63) is 35.4 Å². The van der Waals surface area contributed by atoms with Crippen molar-refractivity contribution in [2.45, 2.75) is 26.6 Å². The molecule has 1 unspecified atom stereocenters. The summed E-state index contributed by atoms with van der Waals surface area (Å²) in [6, 6.07) is 9.23. The highest BCUT2D eigenvalue weighted by atomic mass is 16.8. The van der Waals surface area contributed by atoms with Gasteiger partial charge < -0.3 is 19.1 Å². The summed E-state index contributed by atoms with van der Waals surface area (Å²) in [5.41, 5.74) is 1.62. The second-order valence-electron chi connectivity index (χ2n) is 5.56. The Bertz CT molecular complexity index is 702. The summed E-state index contributed by atoms with van der Waals surface area (Å²) in [4.78, 5) is 25.4. The van der Waals surface area contributed by atoms with Gasteiger partial charge in [0.05, 0.1) is 13.0 Å². The van der Waals surface area contributed by atoms with Gasteiger partial charge in [-0.05, 0) is 37.6 Å². The summed E-state index contributed by atoms with van der Waals surface area (Å²) in [6.45, 7) is 5.65. The molecule has 1 aliphatic heterocycles. The van der Waals surface area contributed by atoms with Gasteiger partial charge in [-0.3, -0.25) is 4.79 Å². The number of nitrogens with zero attached hydrogens (tertiary/aromatic N) is 2. The van der Waals surface area contributed by atoms with Gasteiger partial charge in [-0.1, -0.05) is 12.1 Å². The lowest BCUT2D eigenvalue weighted by atomic mass is 10.1. The first-order valence-electron chi connectivity index (χ1n) is 8.52. The highest BCUT2D eigenvalue weighted by Crippen LogP contribution is 2.18. The number of anilines is 1. The van der Waals surface area contributed by atoms with Crippen LogP contribution in [0.2, 0.25) is 0 Å². The lowest BCUT2D eigenvalue weighted by Crippen LogP contribution is -2.26. The van der Waals surface area contributed by atoms with Gasteiger partial charge in [0.1, 0.15) is 18.2 Å². The second-order valence-corrected chi connectivity index (χ2v) is 5.56. The van der Waals surface area contributed by atoms with Gasteiger partial charge in [-0.15, -0.1) is 0 Å². The van der Waals surface area contributed by atoms with E-state index in [9.17, 15) is 9.59 Å². The molecule has 0 spiro atoms. The predicted molar refractivity (Wildman–Crippen MR) is 95.0 cm³/mol. The van der Waals surface area contributed by atoms with E-state index in [1.165, 1.54) is 6.08 Å². The van der Waals surface area contributed by atoms with E-state index in [1.54, 1.807) is 6.92 Å². The number of ether oxygens (including phenoxy) is 3. The van der Waals surface area contributed by atoms with E-state index >= 15 is 0 Å². The molecule has 0 aliphatic carbocycles. The molecule has 26 heavy (non-hydrogen) atoms. The van der Waals surface area contributed by atoms with E-state index in [1.807, 2.05) is 42.2 Å². The first-order chi connectivity index (χ1) is 12.6. The smallest absolute Gasteiger partial charge is 0.348 e. The molecule has 7 heteroatoms. The largest absolute Gasteiger partial charge is 0.462 e. The number of esters is 2. The fourth-order valence-electron chi connectivity index (χ4n) is 2.30. The zero-order valence-corrected chi connectivity index (χ0v) is 14.9. The minimum absolute atomic E-state index is 0.0445. The van der Waals surface area contributed by atoms with E-state index in [2.05, 4.69) is 0 Å². The molecule has 0 amide bonds. The van der Waals surface area contributed by atoms with Crippen LogP contribution in [0.25, 0.3) is 6.08 Å². The van der Waals surface area contributed by atoms with Crippen LogP contribution >= 0.6 is 0 Å². The van der Waals surface area contributed by atoms with Crippen LogP contribution in [0, 0.1) is 11.3 Å². The summed E-state index contributed by atoms with van der Waals surface area (Å²) >= 11 is 0. The molecule has 2 rings (SSSR count). The van der Waals surface area contributed by atoms with Crippen LogP contribution in [0.4, 0.5) is 5.69 Å². The van der Waals surface area contributed by atoms with Gasteiger partial charge in [0, 0.05) is 18.8 Å². The number of hydrogen-bond acceptors (Lipinski definition) is 7. The van der Waals surface area contributed by atoms with E-state index in [0.717, 1.165) is 17.8 Å². The number of hydrogen-bond donors (Lipinski definition) is 0. The molecule has 0 saturated carbocycles. The molecule has 1 atom stereocenters. The minimum Gasteiger partial charge on any atom is -0.462 e. The van der Waals surface area contributed by atoms with E-state index in [4.69, 9.17) is 19.5 Å². The monoisotopic (exact) mass is 358 g/mol. The van der Waals surface area contributed by atoms with Gasteiger partial charge in [-0.25, -0.2) is 4.79 Å². The molecule has 1 saturated heterocycles. The zero-order chi connectivity index (χ0) is 18.9. The van der Waals surface area contributed by atoms with Crippen molar-refractivity contribution in [3.8, 4) is 6.07 Å². The molecule has 138 valence electrons. The first-order valence-corrected chi connectivity index (χ1v) is 8.52. The van der Waals surface area contributed by atoms with Crippen molar-refractivity contribution < 1.29 is 23.8 Å². The summed E-state index contributed by atoms with van der Waals surface area (Å²) in [7, 11) is 0. The Hall–Kier alpha value is -2.85. The number of benzene rings is 1. The molecule has 1 aliphatic rings. The van der Waals surface area contributed by atoms with Gasteiger partial charge in [-0.2, -0.15) is 5.26 Å². The standard InChI is InChI=1S/C19H22N2O5/c1-3-21(10-9-17(22)26-18-13-25-18)16-7-5-14(6-8-16)11-15(12-20)19(23)24-4-2/h5-8,11,18H,3-4,9-10,13H2,1-2H3/b15-11+. The Labute approximate surface area is 152 Å². The molecule has 0 radical (unpaired) electrons. The van der Waals surface area contributed by atoms with Crippen LogP contribution in [0.15, 0.2) is 29.8 Å². The Kier molecular flexibility index (Phi) is 7.18. The number of carbonyl (C=O) groups excluding carboxylic acids is 2. The van der Waals surface area contributed by atoms with Gasteiger partial charge in [0.15, 0.2) is 0 Å². The maximum Gasteiger partial charge on any atom is 0.348 e. The molecule has 1 fully saturated rings. The van der Waals surface area contributed by atoms with E-state index < -0.39 is 5.97 Å². The van der Waals surface area contributed by atoms with Crippen LogP contribution in [0.5, 0.6) is 0 Å². The third-order valence-electron chi connectivity index (χ3n) is 3.72. The molecule has 0 N–H and O–H groups in total. The third kappa shape index (κ3) is 5.90. The molecule has 7 nitrogen and oxygen atoms in total. The highest BCUT2D eigenvalue weighted by Gasteiger charge is 2.27. The van der Waals surface area contributed by atoms with E-state index in [0.29, 0.717) is 13.2 Å². The maximum absolute atomic E-state index is 11.7. The number of rotatable bonds is 9. The molecule has 0 bridgehead atoms. The molecular formula is C19H22N2O5. The molecule has 1 aromatic carbocycles.